The molecule has 1 amide bonds. The molecule has 3 aromatic rings. The van der Waals surface area contributed by atoms with Gasteiger partial charge in [-0.1, -0.05) is 5.16 Å². The molecule has 1 N–H and O–H groups in total. The minimum atomic E-state index is -0.305. The molecule has 0 spiro atoms. The molecule has 2 aromatic carbocycles. The number of rotatable bonds is 12. The van der Waals surface area contributed by atoms with Crippen molar-refractivity contribution >= 4 is 5.91 Å². The average Bonchev–Trinajstić information content (AvgIpc) is 3.33. The fourth-order valence-corrected chi connectivity index (χ4v) is 3.31. The second-order valence-corrected chi connectivity index (χ2v) is 7.04. The Hall–Kier alpha value is -3.88. The predicted molar refractivity (Wildman–Crippen MR) is 126 cm³/mol. The first kappa shape index (κ1) is 24.8. The Morgan fingerprint density at radius 1 is 0.853 bits per heavy atom. The lowest BCUT2D eigenvalue weighted by molar-refractivity contribution is 0.0949. The summed E-state index contributed by atoms with van der Waals surface area (Å²) >= 11 is 0. The van der Waals surface area contributed by atoms with Crippen LogP contribution in [0.15, 0.2) is 40.9 Å². The van der Waals surface area contributed by atoms with E-state index in [1.165, 1.54) is 0 Å². The van der Waals surface area contributed by atoms with Crippen LogP contribution in [0.2, 0.25) is 0 Å². The summed E-state index contributed by atoms with van der Waals surface area (Å²) in [6.07, 6.45) is 0. The monoisotopic (exact) mass is 470 g/mol. The van der Waals surface area contributed by atoms with Crippen molar-refractivity contribution in [1.29, 1.82) is 0 Å². The van der Waals surface area contributed by atoms with Crippen LogP contribution >= 0.6 is 0 Å². The van der Waals surface area contributed by atoms with Gasteiger partial charge in [-0.25, -0.2) is 0 Å². The number of benzene rings is 2. The Labute approximate surface area is 198 Å². The Morgan fingerprint density at radius 2 is 1.50 bits per heavy atom. The third-order valence-corrected chi connectivity index (χ3v) is 4.83. The summed E-state index contributed by atoms with van der Waals surface area (Å²) in [7, 11) is 3.14. The Kier molecular flexibility index (Phi) is 8.61. The number of amides is 1. The number of carbonyl (C=O) groups excluding carboxylic acids is 1. The third kappa shape index (κ3) is 5.72. The molecule has 0 fully saturated rings. The largest absolute Gasteiger partial charge is 0.493 e. The SMILES string of the molecule is CCOc1cc(C(=O)NCc2cc(-c3ccc(OC)c(OC)c3)on2)cc(OCC)c1OCC. The van der Waals surface area contributed by atoms with E-state index < -0.39 is 0 Å². The van der Waals surface area contributed by atoms with Crippen LogP contribution in [-0.2, 0) is 6.54 Å². The highest BCUT2D eigenvalue weighted by molar-refractivity contribution is 5.95. The van der Waals surface area contributed by atoms with Gasteiger partial charge in [-0.05, 0) is 51.1 Å². The average molecular weight is 471 g/mol. The van der Waals surface area contributed by atoms with Crippen LogP contribution in [0.3, 0.4) is 0 Å². The number of nitrogens with one attached hydrogen (secondary N) is 1. The van der Waals surface area contributed by atoms with E-state index in [1.54, 1.807) is 44.6 Å². The summed E-state index contributed by atoms with van der Waals surface area (Å²) in [4.78, 5) is 12.9. The lowest BCUT2D eigenvalue weighted by Crippen LogP contribution is -2.23. The molecule has 0 bridgehead atoms. The molecule has 0 atom stereocenters. The number of nitrogens with zero attached hydrogens (tertiary/aromatic N) is 1. The Balaban J connectivity index is 1.75. The summed E-state index contributed by atoms with van der Waals surface area (Å²) < 4.78 is 33.1. The van der Waals surface area contributed by atoms with Crippen LogP contribution in [0.5, 0.6) is 28.7 Å². The fourth-order valence-electron chi connectivity index (χ4n) is 3.31. The molecule has 182 valence electrons. The van der Waals surface area contributed by atoms with E-state index in [2.05, 4.69) is 10.5 Å². The van der Waals surface area contributed by atoms with Gasteiger partial charge in [-0.2, -0.15) is 0 Å². The van der Waals surface area contributed by atoms with E-state index in [0.717, 1.165) is 5.56 Å². The van der Waals surface area contributed by atoms with Crippen molar-refractivity contribution in [3.8, 4) is 40.1 Å². The molecule has 0 saturated carbocycles. The third-order valence-electron chi connectivity index (χ3n) is 4.83. The highest BCUT2D eigenvalue weighted by Crippen LogP contribution is 2.39. The second-order valence-electron chi connectivity index (χ2n) is 7.04. The predicted octanol–water partition coefficient (Wildman–Crippen LogP) is 4.48. The molecule has 3 rings (SSSR count). The van der Waals surface area contributed by atoms with E-state index in [0.29, 0.717) is 65.6 Å². The molecule has 0 unspecified atom stereocenters. The van der Waals surface area contributed by atoms with Gasteiger partial charge < -0.3 is 33.5 Å². The van der Waals surface area contributed by atoms with Crippen LogP contribution in [0, 0.1) is 0 Å². The number of hydrogen-bond acceptors (Lipinski definition) is 8. The summed E-state index contributed by atoms with van der Waals surface area (Å²) in [6.45, 7) is 7.08. The topological polar surface area (TPSA) is 101 Å². The number of ether oxygens (including phenoxy) is 5. The number of carbonyl (C=O) groups is 1. The van der Waals surface area contributed by atoms with Crippen LogP contribution < -0.4 is 29.0 Å². The molecule has 0 aliphatic heterocycles. The van der Waals surface area contributed by atoms with Gasteiger partial charge in [-0.3, -0.25) is 4.79 Å². The minimum absolute atomic E-state index is 0.177. The normalized spacial score (nSPS) is 10.5. The zero-order valence-corrected chi connectivity index (χ0v) is 20.1. The first-order valence-electron chi connectivity index (χ1n) is 11.1. The van der Waals surface area contributed by atoms with Gasteiger partial charge in [-0.15, -0.1) is 0 Å². The van der Waals surface area contributed by atoms with E-state index in [-0.39, 0.29) is 12.5 Å². The van der Waals surface area contributed by atoms with Gasteiger partial charge in [0.25, 0.3) is 5.91 Å². The first-order chi connectivity index (χ1) is 16.5. The summed E-state index contributed by atoms with van der Waals surface area (Å²) in [5.74, 6) is 2.83. The van der Waals surface area contributed by atoms with E-state index in [1.807, 2.05) is 26.8 Å². The standard InChI is InChI=1S/C25H30N2O7/c1-6-31-22-12-17(13-23(32-7-2)24(22)33-8-3)25(28)26-15-18-14-20(34-27-18)16-9-10-19(29-4)21(11-16)30-5/h9-14H,6-8,15H2,1-5H3,(H,26,28). The first-order valence-corrected chi connectivity index (χ1v) is 11.1. The van der Waals surface area contributed by atoms with Crippen LogP contribution in [-0.4, -0.2) is 45.1 Å². The molecule has 9 heteroatoms. The molecule has 1 aromatic heterocycles. The van der Waals surface area contributed by atoms with Gasteiger partial charge >= 0.3 is 0 Å². The van der Waals surface area contributed by atoms with Crippen molar-refractivity contribution in [2.75, 3.05) is 34.0 Å². The maximum Gasteiger partial charge on any atom is 0.251 e. The van der Waals surface area contributed by atoms with E-state index in [9.17, 15) is 4.79 Å². The number of methoxy groups -OCH3 is 2. The smallest absolute Gasteiger partial charge is 0.251 e. The van der Waals surface area contributed by atoms with Crippen LogP contribution in [0.1, 0.15) is 36.8 Å². The zero-order valence-electron chi connectivity index (χ0n) is 20.1. The van der Waals surface area contributed by atoms with Gasteiger partial charge in [0.2, 0.25) is 5.75 Å². The second kappa shape index (κ2) is 11.8. The molecular weight excluding hydrogens is 440 g/mol. The van der Waals surface area contributed by atoms with Crippen molar-refractivity contribution in [2.24, 2.45) is 0 Å². The molecule has 0 aliphatic carbocycles. The molecule has 0 saturated heterocycles. The van der Waals surface area contributed by atoms with E-state index >= 15 is 0 Å². The van der Waals surface area contributed by atoms with Crippen molar-refractivity contribution in [3.05, 3.63) is 47.7 Å². The van der Waals surface area contributed by atoms with Crippen molar-refractivity contribution < 1.29 is 33.0 Å². The quantitative estimate of drug-likeness (QED) is 0.413. The van der Waals surface area contributed by atoms with Gasteiger partial charge in [0.05, 0.1) is 40.6 Å². The van der Waals surface area contributed by atoms with Gasteiger partial charge in [0.1, 0.15) is 5.69 Å². The Morgan fingerprint density at radius 3 is 2.09 bits per heavy atom. The van der Waals surface area contributed by atoms with Crippen molar-refractivity contribution in [1.82, 2.24) is 10.5 Å². The maximum atomic E-state index is 12.9. The zero-order chi connectivity index (χ0) is 24.5. The highest BCUT2D eigenvalue weighted by Gasteiger charge is 2.19. The summed E-state index contributed by atoms with van der Waals surface area (Å²) in [5.41, 5.74) is 1.73. The number of aromatic nitrogens is 1. The van der Waals surface area contributed by atoms with Crippen molar-refractivity contribution in [2.45, 2.75) is 27.3 Å². The van der Waals surface area contributed by atoms with E-state index in [4.69, 9.17) is 28.2 Å². The molecular formula is C25H30N2O7. The molecule has 0 radical (unpaired) electrons. The summed E-state index contributed by atoms with van der Waals surface area (Å²) in [5, 5.41) is 6.91. The Bertz CT molecular complexity index is 1080. The minimum Gasteiger partial charge on any atom is -0.493 e. The molecule has 9 nitrogen and oxygen atoms in total. The summed E-state index contributed by atoms with van der Waals surface area (Å²) in [6, 6.07) is 10.5. The molecule has 1 heterocycles. The maximum absolute atomic E-state index is 12.9. The van der Waals surface area contributed by atoms with Crippen molar-refractivity contribution in [3.63, 3.8) is 0 Å². The lowest BCUT2D eigenvalue weighted by Gasteiger charge is -2.17. The fraction of sp³-hybridized carbons (Fsp3) is 0.360. The van der Waals surface area contributed by atoms with Crippen LogP contribution in [0.25, 0.3) is 11.3 Å². The van der Waals surface area contributed by atoms with Crippen LogP contribution in [0.4, 0.5) is 0 Å². The molecule has 0 aliphatic rings. The van der Waals surface area contributed by atoms with Gasteiger partial charge in [0, 0.05) is 17.2 Å². The van der Waals surface area contributed by atoms with Gasteiger partial charge in [0.15, 0.2) is 28.8 Å². The highest BCUT2D eigenvalue weighted by atomic mass is 16.5. The molecule has 34 heavy (non-hydrogen) atoms. The number of hydrogen-bond donors (Lipinski definition) is 1. The lowest BCUT2D eigenvalue weighted by atomic mass is 10.1.